The minimum Gasteiger partial charge on any atom is -0.435 e. The van der Waals surface area contributed by atoms with Gasteiger partial charge in [0.2, 0.25) is 0 Å². The van der Waals surface area contributed by atoms with E-state index < -0.39 is 24.1 Å². The largest absolute Gasteiger partial charge is 0.435 e. The third kappa shape index (κ3) is 3.48. The zero-order chi connectivity index (χ0) is 18.9. The minimum atomic E-state index is -2.93. The maximum Gasteiger partial charge on any atom is 0.387 e. The fourth-order valence-electron chi connectivity index (χ4n) is 2.78. The van der Waals surface area contributed by atoms with Gasteiger partial charge in [-0.25, -0.2) is 4.79 Å². The molecular formula is C18H15ClF2N2O3. The van der Waals surface area contributed by atoms with Gasteiger partial charge in [0.1, 0.15) is 11.3 Å². The van der Waals surface area contributed by atoms with Crippen LogP contribution in [-0.4, -0.2) is 23.4 Å². The van der Waals surface area contributed by atoms with Crippen LogP contribution in [0.4, 0.5) is 13.6 Å². The van der Waals surface area contributed by atoms with Gasteiger partial charge in [-0.3, -0.25) is 9.69 Å². The quantitative estimate of drug-likeness (QED) is 0.800. The van der Waals surface area contributed by atoms with E-state index in [4.69, 9.17) is 11.6 Å². The normalized spacial score (nSPS) is 19.8. The molecule has 0 unspecified atom stereocenters. The Balaban J connectivity index is 1.81. The van der Waals surface area contributed by atoms with Gasteiger partial charge in [0.15, 0.2) is 0 Å². The Morgan fingerprint density at radius 2 is 1.73 bits per heavy atom. The summed E-state index contributed by atoms with van der Waals surface area (Å²) in [6.45, 7) is -1.26. The number of rotatable bonds is 5. The molecule has 0 bridgehead atoms. The molecule has 8 heteroatoms. The molecule has 0 aliphatic carbocycles. The molecule has 2 aromatic rings. The zero-order valence-electron chi connectivity index (χ0n) is 13.7. The first-order chi connectivity index (χ1) is 12.3. The van der Waals surface area contributed by atoms with Gasteiger partial charge < -0.3 is 10.1 Å². The van der Waals surface area contributed by atoms with Crippen molar-refractivity contribution in [3.63, 3.8) is 0 Å². The Morgan fingerprint density at radius 1 is 1.12 bits per heavy atom. The second-order valence-corrected chi connectivity index (χ2v) is 6.41. The van der Waals surface area contributed by atoms with E-state index in [2.05, 4.69) is 10.1 Å². The first-order valence-corrected chi connectivity index (χ1v) is 8.11. The summed E-state index contributed by atoms with van der Waals surface area (Å²) in [4.78, 5) is 26.2. The maximum atomic E-state index is 12.8. The van der Waals surface area contributed by atoms with E-state index in [0.717, 1.165) is 10.5 Å². The van der Waals surface area contributed by atoms with E-state index in [0.29, 0.717) is 10.6 Å². The molecule has 1 aliphatic rings. The van der Waals surface area contributed by atoms with Crippen LogP contribution in [0.1, 0.15) is 18.1 Å². The van der Waals surface area contributed by atoms with Gasteiger partial charge in [0, 0.05) is 5.02 Å². The Bertz CT molecular complexity index is 827. The number of nitrogens with zero attached hydrogens (tertiary/aromatic N) is 1. The molecule has 0 saturated carbocycles. The van der Waals surface area contributed by atoms with Gasteiger partial charge >= 0.3 is 12.6 Å². The molecular weight excluding hydrogens is 366 g/mol. The topological polar surface area (TPSA) is 58.6 Å². The molecule has 3 amide bonds. The summed E-state index contributed by atoms with van der Waals surface area (Å²) >= 11 is 5.84. The third-order valence-electron chi connectivity index (χ3n) is 4.19. The van der Waals surface area contributed by atoms with Crippen LogP contribution in [-0.2, 0) is 16.9 Å². The molecule has 2 aromatic carbocycles. The molecule has 0 spiro atoms. The van der Waals surface area contributed by atoms with Gasteiger partial charge in [-0.1, -0.05) is 35.9 Å². The number of urea groups is 1. The third-order valence-corrected chi connectivity index (χ3v) is 4.44. The average molecular weight is 381 g/mol. The van der Waals surface area contributed by atoms with Crippen molar-refractivity contribution in [3.05, 3.63) is 64.7 Å². The number of hydrogen-bond acceptors (Lipinski definition) is 3. The van der Waals surface area contributed by atoms with Crippen LogP contribution >= 0.6 is 11.6 Å². The lowest BCUT2D eigenvalue weighted by Gasteiger charge is -2.22. The van der Waals surface area contributed by atoms with Crippen LogP contribution in [0.2, 0.25) is 5.02 Å². The fraction of sp³-hybridized carbons (Fsp3) is 0.222. The number of carbonyl (C=O) groups is 2. The van der Waals surface area contributed by atoms with E-state index >= 15 is 0 Å². The number of carbonyl (C=O) groups excluding carboxylic acids is 2. The highest BCUT2D eigenvalue weighted by molar-refractivity contribution is 6.30. The van der Waals surface area contributed by atoms with Crippen LogP contribution in [0, 0.1) is 0 Å². The highest BCUT2D eigenvalue weighted by Gasteiger charge is 2.48. The molecule has 1 aliphatic heterocycles. The number of imide groups is 1. The Labute approximate surface area is 153 Å². The van der Waals surface area contributed by atoms with Crippen LogP contribution < -0.4 is 10.1 Å². The van der Waals surface area contributed by atoms with Crippen molar-refractivity contribution in [2.45, 2.75) is 25.6 Å². The predicted molar refractivity (Wildman–Crippen MR) is 91.0 cm³/mol. The van der Waals surface area contributed by atoms with E-state index in [1.165, 1.54) is 24.3 Å². The van der Waals surface area contributed by atoms with Crippen LogP contribution in [0.15, 0.2) is 48.5 Å². The van der Waals surface area contributed by atoms with Crippen molar-refractivity contribution < 1.29 is 23.1 Å². The highest BCUT2D eigenvalue weighted by Crippen LogP contribution is 2.31. The number of nitrogens with one attached hydrogen (secondary N) is 1. The molecule has 1 atom stereocenters. The lowest BCUT2D eigenvalue weighted by Crippen LogP contribution is -2.40. The molecule has 26 heavy (non-hydrogen) atoms. The Hall–Kier alpha value is -2.67. The van der Waals surface area contributed by atoms with Gasteiger partial charge in [0.25, 0.3) is 5.91 Å². The Morgan fingerprint density at radius 3 is 2.31 bits per heavy atom. The molecule has 1 fully saturated rings. The number of amides is 3. The van der Waals surface area contributed by atoms with Gasteiger partial charge in [-0.15, -0.1) is 0 Å². The number of alkyl halides is 2. The SMILES string of the molecule is C[C@]1(c2ccc(OC(F)F)cc2)NC(=O)N(Cc2ccc(Cl)cc2)C1=O. The molecule has 5 nitrogen and oxygen atoms in total. The fourth-order valence-corrected chi connectivity index (χ4v) is 2.90. The Kier molecular flexibility index (Phi) is 4.82. The zero-order valence-corrected chi connectivity index (χ0v) is 14.5. The smallest absolute Gasteiger partial charge is 0.387 e. The summed E-state index contributed by atoms with van der Waals surface area (Å²) < 4.78 is 28.8. The van der Waals surface area contributed by atoms with Gasteiger partial charge in [-0.05, 0) is 42.3 Å². The lowest BCUT2D eigenvalue weighted by molar-refractivity contribution is -0.131. The number of benzene rings is 2. The number of ether oxygens (including phenoxy) is 1. The van der Waals surface area contributed by atoms with Crippen molar-refractivity contribution in [1.82, 2.24) is 10.2 Å². The van der Waals surface area contributed by atoms with Gasteiger partial charge in [0.05, 0.1) is 6.54 Å². The van der Waals surface area contributed by atoms with Crippen LogP contribution in [0.5, 0.6) is 5.75 Å². The second kappa shape index (κ2) is 6.92. The summed E-state index contributed by atoms with van der Waals surface area (Å²) in [7, 11) is 0. The average Bonchev–Trinajstić information content (AvgIpc) is 2.81. The first kappa shape index (κ1) is 18.1. The van der Waals surface area contributed by atoms with E-state index in [9.17, 15) is 18.4 Å². The van der Waals surface area contributed by atoms with Crippen molar-refractivity contribution in [2.75, 3.05) is 0 Å². The van der Waals surface area contributed by atoms with E-state index in [1.54, 1.807) is 31.2 Å². The first-order valence-electron chi connectivity index (χ1n) is 7.73. The standard InChI is InChI=1S/C18H15ClF2N2O3/c1-18(12-4-8-14(9-5-12)26-16(20)21)15(24)23(17(25)22-18)10-11-2-6-13(19)7-3-11/h2-9,16H,10H2,1H3,(H,22,25)/t18-/m1/s1. The van der Waals surface area contributed by atoms with Gasteiger partial charge in [-0.2, -0.15) is 8.78 Å². The molecule has 0 radical (unpaired) electrons. The maximum absolute atomic E-state index is 12.8. The predicted octanol–water partition coefficient (Wildman–Crippen LogP) is 3.91. The second-order valence-electron chi connectivity index (χ2n) is 5.98. The van der Waals surface area contributed by atoms with Crippen molar-refractivity contribution in [2.24, 2.45) is 0 Å². The summed E-state index contributed by atoms with van der Waals surface area (Å²) in [5, 5.41) is 3.22. The molecule has 3 rings (SSSR count). The minimum absolute atomic E-state index is 0.0258. The highest BCUT2D eigenvalue weighted by atomic mass is 35.5. The molecule has 1 heterocycles. The van der Waals surface area contributed by atoms with E-state index in [-0.39, 0.29) is 12.3 Å². The van der Waals surface area contributed by atoms with Crippen molar-refractivity contribution in [3.8, 4) is 5.75 Å². The molecule has 1 saturated heterocycles. The number of hydrogen-bond donors (Lipinski definition) is 1. The summed E-state index contributed by atoms with van der Waals surface area (Å²) in [6, 6.07) is 11.9. The van der Waals surface area contributed by atoms with E-state index in [1.807, 2.05) is 0 Å². The van der Waals surface area contributed by atoms with Crippen LogP contribution in [0.25, 0.3) is 0 Å². The molecule has 1 N–H and O–H groups in total. The summed E-state index contributed by atoms with van der Waals surface area (Å²) in [5.41, 5.74) is -0.0636. The monoisotopic (exact) mass is 380 g/mol. The lowest BCUT2D eigenvalue weighted by atomic mass is 9.92. The van der Waals surface area contributed by atoms with Crippen LogP contribution in [0.3, 0.4) is 0 Å². The molecule has 0 aromatic heterocycles. The summed E-state index contributed by atoms with van der Waals surface area (Å²) in [5.74, 6) is -0.456. The number of halogens is 3. The molecule has 136 valence electrons. The summed E-state index contributed by atoms with van der Waals surface area (Å²) in [6.07, 6.45) is 0. The van der Waals surface area contributed by atoms with Crippen molar-refractivity contribution >= 4 is 23.5 Å². The van der Waals surface area contributed by atoms with Crippen molar-refractivity contribution in [1.29, 1.82) is 0 Å².